The van der Waals surface area contributed by atoms with Crippen molar-refractivity contribution < 1.29 is 9.90 Å². The summed E-state index contributed by atoms with van der Waals surface area (Å²) < 4.78 is 0. The summed E-state index contributed by atoms with van der Waals surface area (Å²) in [5.41, 5.74) is 2.27. The lowest BCUT2D eigenvalue weighted by molar-refractivity contribution is 0.256. The average Bonchev–Trinajstić information content (AvgIpc) is 2.49. The molecule has 2 aromatic carbocycles. The number of halogens is 1. The monoisotopic (exact) mass is 302 g/mol. The van der Waals surface area contributed by atoms with E-state index in [-0.39, 0.29) is 11.8 Å². The van der Waals surface area contributed by atoms with E-state index in [2.05, 4.69) is 5.32 Å². The van der Waals surface area contributed by atoms with Gasteiger partial charge in [-0.15, -0.1) is 0 Å². The summed E-state index contributed by atoms with van der Waals surface area (Å²) in [5.74, 6) is 0.137. The fraction of sp³-hybridized carbons (Fsp3) is 0.188. The minimum Gasteiger partial charge on any atom is -0.506 e. The Hall–Kier alpha value is -2.20. The van der Waals surface area contributed by atoms with Gasteiger partial charge in [0.2, 0.25) is 0 Å². The molecular formula is C16H15ClN2O2. The number of phenols is 1. The Bertz CT molecular complexity index is 670. The summed E-state index contributed by atoms with van der Waals surface area (Å²) in [6.45, 7) is 0.587. The number of hydrogen-bond donors (Lipinski definition) is 2. The number of aryl methyl sites for hydroxylation is 1. The number of benzene rings is 2. The van der Waals surface area contributed by atoms with Crippen LogP contribution in [0, 0.1) is 0 Å². The molecule has 5 heteroatoms. The summed E-state index contributed by atoms with van der Waals surface area (Å²) in [6, 6.07) is 12.0. The van der Waals surface area contributed by atoms with Crippen molar-refractivity contribution in [3.05, 3.63) is 53.1 Å². The van der Waals surface area contributed by atoms with Gasteiger partial charge in [0.15, 0.2) is 0 Å². The third kappa shape index (κ3) is 2.81. The highest BCUT2D eigenvalue weighted by Crippen LogP contribution is 2.35. The van der Waals surface area contributed by atoms with E-state index in [1.165, 1.54) is 0 Å². The number of aromatic hydroxyl groups is 1. The predicted octanol–water partition coefficient (Wildman–Crippen LogP) is 4.03. The lowest BCUT2D eigenvalue weighted by Crippen LogP contribution is -2.38. The van der Waals surface area contributed by atoms with Crippen LogP contribution in [-0.2, 0) is 6.42 Å². The fourth-order valence-electron chi connectivity index (χ4n) is 2.56. The van der Waals surface area contributed by atoms with Gasteiger partial charge in [0.25, 0.3) is 0 Å². The summed E-state index contributed by atoms with van der Waals surface area (Å²) in [7, 11) is 0. The lowest BCUT2D eigenvalue weighted by Gasteiger charge is -2.30. The zero-order valence-corrected chi connectivity index (χ0v) is 12.1. The van der Waals surface area contributed by atoms with Gasteiger partial charge in [-0.05, 0) is 48.7 Å². The molecule has 0 aromatic heterocycles. The van der Waals surface area contributed by atoms with Crippen LogP contribution in [0.5, 0.6) is 5.75 Å². The fourth-order valence-corrected chi connectivity index (χ4v) is 2.68. The molecule has 1 aliphatic heterocycles. The maximum Gasteiger partial charge on any atom is 0.326 e. The Morgan fingerprint density at radius 2 is 1.95 bits per heavy atom. The van der Waals surface area contributed by atoms with Crippen molar-refractivity contribution in [2.75, 3.05) is 16.8 Å². The molecule has 1 heterocycles. The highest BCUT2D eigenvalue weighted by molar-refractivity contribution is 6.30. The van der Waals surface area contributed by atoms with Crippen LogP contribution in [0.1, 0.15) is 12.0 Å². The number of carbonyl (C=O) groups is 1. The molecule has 0 atom stereocenters. The molecule has 21 heavy (non-hydrogen) atoms. The van der Waals surface area contributed by atoms with E-state index >= 15 is 0 Å². The van der Waals surface area contributed by atoms with E-state index in [0.717, 1.165) is 18.4 Å². The quantitative estimate of drug-likeness (QED) is 0.835. The molecule has 0 aliphatic carbocycles. The molecule has 2 aromatic rings. The molecule has 3 rings (SSSR count). The maximum atomic E-state index is 12.4. The predicted molar refractivity (Wildman–Crippen MR) is 84.2 cm³/mol. The summed E-state index contributed by atoms with van der Waals surface area (Å²) in [6.07, 6.45) is 1.75. The molecule has 2 N–H and O–H groups in total. The van der Waals surface area contributed by atoms with Gasteiger partial charge in [-0.1, -0.05) is 23.7 Å². The standard InChI is InChI=1S/C16H15ClN2O2/c17-12-6-8-13(9-7-12)18-16(21)19-10-2-4-11-3-1-5-14(20)15(11)19/h1,3,5-9,20H,2,4,10H2,(H,18,21). The van der Waals surface area contributed by atoms with E-state index < -0.39 is 0 Å². The van der Waals surface area contributed by atoms with Gasteiger partial charge in [0.05, 0.1) is 5.69 Å². The molecule has 0 saturated carbocycles. The third-order valence-corrected chi connectivity index (χ3v) is 3.79. The highest BCUT2D eigenvalue weighted by atomic mass is 35.5. The molecule has 0 radical (unpaired) electrons. The number of para-hydroxylation sites is 1. The lowest BCUT2D eigenvalue weighted by atomic mass is 10.0. The van der Waals surface area contributed by atoms with Crippen LogP contribution in [0.3, 0.4) is 0 Å². The second kappa shape index (κ2) is 5.66. The highest BCUT2D eigenvalue weighted by Gasteiger charge is 2.25. The largest absolute Gasteiger partial charge is 0.506 e. The van der Waals surface area contributed by atoms with Crippen LogP contribution in [0.4, 0.5) is 16.2 Å². The summed E-state index contributed by atoms with van der Waals surface area (Å²) in [5, 5.41) is 13.5. The smallest absolute Gasteiger partial charge is 0.326 e. The van der Waals surface area contributed by atoms with E-state index in [0.29, 0.717) is 22.9 Å². The van der Waals surface area contributed by atoms with E-state index in [4.69, 9.17) is 11.6 Å². The Morgan fingerprint density at radius 1 is 1.19 bits per heavy atom. The number of anilines is 2. The number of hydrogen-bond acceptors (Lipinski definition) is 2. The van der Waals surface area contributed by atoms with Crippen LogP contribution in [0.15, 0.2) is 42.5 Å². The van der Waals surface area contributed by atoms with Crippen molar-refractivity contribution in [1.29, 1.82) is 0 Å². The Balaban J connectivity index is 1.85. The molecule has 4 nitrogen and oxygen atoms in total. The maximum absolute atomic E-state index is 12.4. The number of nitrogens with one attached hydrogen (secondary N) is 1. The summed E-state index contributed by atoms with van der Waals surface area (Å²) >= 11 is 5.83. The topological polar surface area (TPSA) is 52.6 Å². The van der Waals surface area contributed by atoms with Gasteiger partial charge in [-0.25, -0.2) is 4.79 Å². The van der Waals surface area contributed by atoms with Crippen molar-refractivity contribution in [3.8, 4) is 5.75 Å². The van der Waals surface area contributed by atoms with Crippen LogP contribution >= 0.6 is 11.6 Å². The minimum atomic E-state index is -0.250. The van der Waals surface area contributed by atoms with Crippen LogP contribution < -0.4 is 10.2 Å². The molecule has 0 bridgehead atoms. The van der Waals surface area contributed by atoms with Crippen molar-refractivity contribution in [2.45, 2.75) is 12.8 Å². The van der Waals surface area contributed by atoms with E-state index in [9.17, 15) is 9.90 Å². The minimum absolute atomic E-state index is 0.137. The van der Waals surface area contributed by atoms with Gasteiger partial charge < -0.3 is 10.4 Å². The van der Waals surface area contributed by atoms with Crippen molar-refractivity contribution >= 4 is 29.0 Å². The number of nitrogens with zero attached hydrogens (tertiary/aromatic N) is 1. The Kier molecular flexibility index (Phi) is 3.71. The molecule has 2 amide bonds. The number of urea groups is 1. The normalized spacial score (nSPS) is 13.7. The molecule has 1 aliphatic rings. The van der Waals surface area contributed by atoms with Gasteiger partial charge in [-0.2, -0.15) is 0 Å². The van der Waals surface area contributed by atoms with Gasteiger partial charge in [0, 0.05) is 17.3 Å². The van der Waals surface area contributed by atoms with Crippen LogP contribution in [0.25, 0.3) is 0 Å². The number of fused-ring (bicyclic) bond motifs is 1. The van der Waals surface area contributed by atoms with E-state index in [1.807, 2.05) is 6.07 Å². The number of amides is 2. The zero-order chi connectivity index (χ0) is 14.8. The first-order valence-electron chi connectivity index (χ1n) is 6.80. The first-order valence-corrected chi connectivity index (χ1v) is 7.18. The Labute approximate surface area is 128 Å². The third-order valence-electron chi connectivity index (χ3n) is 3.54. The van der Waals surface area contributed by atoms with Crippen molar-refractivity contribution in [1.82, 2.24) is 0 Å². The van der Waals surface area contributed by atoms with Gasteiger partial charge in [0.1, 0.15) is 5.75 Å². The van der Waals surface area contributed by atoms with Gasteiger partial charge >= 0.3 is 6.03 Å². The molecule has 0 spiro atoms. The van der Waals surface area contributed by atoms with Crippen molar-refractivity contribution in [3.63, 3.8) is 0 Å². The Morgan fingerprint density at radius 3 is 2.71 bits per heavy atom. The molecule has 0 fully saturated rings. The SMILES string of the molecule is O=C(Nc1ccc(Cl)cc1)N1CCCc2cccc(O)c21. The van der Waals surface area contributed by atoms with Crippen LogP contribution in [-0.4, -0.2) is 17.7 Å². The van der Waals surface area contributed by atoms with Crippen molar-refractivity contribution in [2.24, 2.45) is 0 Å². The first-order chi connectivity index (χ1) is 10.1. The molecule has 0 saturated heterocycles. The summed E-state index contributed by atoms with van der Waals surface area (Å²) in [4.78, 5) is 14.0. The molecule has 0 unspecified atom stereocenters. The number of phenolic OH excluding ortho intramolecular Hbond substituents is 1. The van der Waals surface area contributed by atoms with Crippen LogP contribution in [0.2, 0.25) is 5.02 Å². The van der Waals surface area contributed by atoms with Gasteiger partial charge in [-0.3, -0.25) is 4.90 Å². The number of carbonyl (C=O) groups excluding carboxylic acids is 1. The molecule has 108 valence electrons. The second-order valence-corrected chi connectivity index (χ2v) is 5.41. The van der Waals surface area contributed by atoms with E-state index in [1.54, 1.807) is 41.3 Å². The zero-order valence-electron chi connectivity index (χ0n) is 11.3. The number of rotatable bonds is 1. The second-order valence-electron chi connectivity index (χ2n) is 4.98. The molecular weight excluding hydrogens is 288 g/mol. The first kappa shape index (κ1) is 13.8. The average molecular weight is 303 g/mol.